The maximum atomic E-state index is 6.27. The van der Waals surface area contributed by atoms with E-state index in [9.17, 15) is 0 Å². The van der Waals surface area contributed by atoms with E-state index in [0.29, 0.717) is 0 Å². The van der Waals surface area contributed by atoms with Crippen LogP contribution in [0.4, 0.5) is 17.1 Å². The Labute approximate surface area is 243 Å². The largest absolute Gasteiger partial charge is 0.454 e. The highest BCUT2D eigenvalue weighted by Gasteiger charge is 2.16. The van der Waals surface area contributed by atoms with Gasteiger partial charge >= 0.3 is 0 Å². The molecule has 2 heterocycles. The number of anilines is 3. The van der Waals surface area contributed by atoms with Gasteiger partial charge in [-0.15, -0.1) is 0 Å². The number of fused-ring (bicyclic) bond motifs is 5. The molecular weight excluding hydrogens is 512 g/mol. The second kappa shape index (κ2) is 10.1. The molecule has 0 saturated carbocycles. The van der Waals surface area contributed by atoms with Crippen LogP contribution in [0, 0.1) is 0 Å². The second-order valence-corrected chi connectivity index (χ2v) is 10.5. The summed E-state index contributed by atoms with van der Waals surface area (Å²) in [5, 5.41) is 3.23. The van der Waals surface area contributed by atoms with Crippen LogP contribution in [-0.2, 0) is 0 Å². The van der Waals surface area contributed by atoms with Gasteiger partial charge < -0.3 is 9.32 Å². The van der Waals surface area contributed by atoms with Gasteiger partial charge in [0.1, 0.15) is 11.1 Å². The maximum absolute atomic E-state index is 6.27. The lowest BCUT2D eigenvalue weighted by molar-refractivity contribution is 0.672. The lowest BCUT2D eigenvalue weighted by atomic mass is 10.0. The third kappa shape index (κ3) is 4.20. The molecular formula is C39H26N2O. The first-order valence-corrected chi connectivity index (χ1v) is 14.1. The zero-order valence-electron chi connectivity index (χ0n) is 22.8. The molecule has 0 aliphatic heterocycles. The molecule has 42 heavy (non-hydrogen) atoms. The Morgan fingerprint density at radius 3 is 1.62 bits per heavy atom. The van der Waals surface area contributed by atoms with E-state index in [1.54, 1.807) is 0 Å². The minimum absolute atomic E-state index is 0.808. The summed E-state index contributed by atoms with van der Waals surface area (Å²) in [6.45, 7) is 0. The van der Waals surface area contributed by atoms with E-state index in [-0.39, 0.29) is 0 Å². The lowest BCUT2D eigenvalue weighted by Gasteiger charge is -2.26. The summed E-state index contributed by atoms with van der Waals surface area (Å²) in [7, 11) is 0. The minimum atomic E-state index is 0.808. The molecule has 0 unspecified atom stereocenters. The highest BCUT2D eigenvalue weighted by Crippen LogP contribution is 2.40. The number of furan rings is 1. The Kier molecular flexibility index (Phi) is 5.79. The van der Waals surface area contributed by atoms with Crippen LogP contribution in [0.1, 0.15) is 0 Å². The Balaban J connectivity index is 1.25. The number of hydrogen-bond acceptors (Lipinski definition) is 3. The van der Waals surface area contributed by atoms with Crippen molar-refractivity contribution in [3.05, 3.63) is 158 Å². The van der Waals surface area contributed by atoms with Gasteiger partial charge in [0.25, 0.3) is 0 Å². The molecule has 0 saturated heterocycles. The van der Waals surface area contributed by atoms with Crippen molar-refractivity contribution >= 4 is 49.9 Å². The molecule has 0 aliphatic carbocycles. The van der Waals surface area contributed by atoms with E-state index in [0.717, 1.165) is 49.9 Å². The normalized spacial score (nSPS) is 11.3. The van der Waals surface area contributed by atoms with Gasteiger partial charge in [-0.05, 0) is 88.3 Å². The third-order valence-electron chi connectivity index (χ3n) is 7.92. The first kappa shape index (κ1) is 24.2. The number of aromatic nitrogens is 1. The molecule has 0 bridgehead atoms. The molecule has 3 heteroatoms. The second-order valence-electron chi connectivity index (χ2n) is 10.5. The predicted octanol–water partition coefficient (Wildman–Crippen LogP) is 10.9. The number of benzene rings is 6. The molecule has 0 radical (unpaired) electrons. The van der Waals surface area contributed by atoms with Crippen molar-refractivity contribution in [2.24, 2.45) is 0 Å². The first-order chi connectivity index (χ1) is 20.8. The van der Waals surface area contributed by atoms with Crippen molar-refractivity contribution in [3.63, 3.8) is 0 Å². The molecule has 2 aromatic heterocycles. The van der Waals surface area contributed by atoms with Gasteiger partial charge in [0, 0.05) is 34.0 Å². The third-order valence-corrected chi connectivity index (χ3v) is 7.92. The first-order valence-electron chi connectivity index (χ1n) is 14.1. The molecule has 0 atom stereocenters. The molecule has 8 aromatic rings. The summed E-state index contributed by atoms with van der Waals surface area (Å²) >= 11 is 0. The van der Waals surface area contributed by atoms with Gasteiger partial charge in [0.15, 0.2) is 5.58 Å². The summed E-state index contributed by atoms with van der Waals surface area (Å²) in [6.07, 6.45) is 1.81. The fraction of sp³-hybridized carbons (Fsp3) is 0. The van der Waals surface area contributed by atoms with Gasteiger partial charge in [-0.1, -0.05) is 91.0 Å². The Morgan fingerprint density at radius 2 is 1.00 bits per heavy atom. The average Bonchev–Trinajstić information content (AvgIpc) is 3.45. The fourth-order valence-corrected chi connectivity index (χ4v) is 5.82. The Hall–Kier alpha value is -5.67. The topological polar surface area (TPSA) is 29.3 Å². The molecule has 0 N–H and O–H groups in total. The average molecular weight is 539 g/mol. The Morgan fingerprint density at radius 1 is 0.452 bits per heavy atom. The summed E-state index contributed by atoms with van der Waals surface area (Å²) in [4.78, 5) is 6.87. The van der Waals surface area contributed by atoms with Crippen molar-refractivity contribution in [2.45, 2.75) is 0 Å². The number of rotatable bonds is 5. The highest BCUT2D eigenvalue weighted by atomic mass is 16.3. The number of pyridine rings is 1. The monoisotopic (exact) mass is 538 g/mol. The van der Waals surface area contributed by atoms with E-state index >= 15 is 0 Å². The van der Waals surface area contributed by atoms with Crippen LogP contribution in [0.2, 0.25) is 0 Å². The van der Waals surface area contributed by atoms with Gasteiger partial charge in [-0.25, -0.2) is 0 Å². The quantitative estimate of drug-likeness (QED) is 0.218. The molecule has 0 aliphatic rings. The van der Waals surface area contributed by atoms with Gasteiger partial charge in [-0.2, -0.15) is 0 Å². The van der Waals surface area contributed by atoms with Gasteiger partial charge in [0.05, 0.1) is 0 Å². The fourth-order valence-electron chi connectivity index (χ4n) is 5.82. The molecule has 198 valence electrons. The van der Waals surface area contributed by atoms with Crippen molar-refractivity contribution in [1.82, 2.24) is 4.98 Å². The van der Waals surface area contributed by atoms with Gasteiger partial charge in [0.2, 0.25) is 0 Å². The standard InChI is InChI=1S/C39H26N2O/c1-3-8-27(9-4-1)29-13-18-32(19-14-29)41(33-20-15-30(16-21-33)28-10-5-2-6-11-28)34-22-24-35-31(26-34)17-23-36-38-37(42-39(35)36)12-7-25-40-38/h1-26H. The van der Waals surface area contributed by atoms with Crippen LogP contribution in [-0.4, -0.2) is 4.98 Å². The zero-order valence-corrected chi connectivity index (χ0v) is 22.8. The SMILES string of the molecule is c1ccc(-c2ccc(N(c3ccc(-c4ccccc4)cc3)c3ccc4c(ccc5c6ncccc6oc45)c3)cc2)cc1. The molecule has 0 amide bonds. The van der Waals surface area contributed by atoms with Crippen molar-refractivity contribution in [2.75, 3.05) is 4.90 Å². The van der Waals surface area contributed by atoms with E-state index in [1.165, 1.54) is 22.3 Å². The van der Waals surface area contributed by atoms with E-state index in [4.69, 9.17) is 4.42 Å². The van der Waals surface area contributed by atoms with Crippen LogP contribution in [0.3, 0.4) is 0 Å². The van der Waals surface area contributed by atoms with E-state index in [1.807, 2.05) is 30.5 Å². The van der Waals surface area contributed by atoms with E-state index < -0.39 is 0 Å². The lowest BCUT2D eigenvalue weighted by Crippen LogP contribution is -2.09. The summed E-state index contributed by atoms with van der Waals surface area (Å²) in [5.74, 6) is 0. The van der Waals surface area contributed by atoms with Crippen LogP contribution in [0.5, 0.6) is 0 Å². The molecule has 8 rings (SSSR count). The van der Waals surface area contributed by atoms with Crippen molar-refractivity contribution in [3.8, 4) is 22.3 Å². The Bertz CT molecular complexity index is 2080. The van der Waals surface area contributed by atoms with Crippen LogP contribution in [0.25, 0.3) is 55.1 Å². The van der Waals surface area contributed by atoms with Crippen molar-refractivity contribution < 1.29 is 4.42 Å². The van der Waals surface area contributed by atoms with Gasteiger partial charge in [-0.3, -0.25) is 4.98 Å². The molecule has 0 spiro atoms. The number of hydrogen-bond donors (Lipinski definition) is 0. The van der Waals surface area contributed by atoms with Crippen LogP contribution < -0.4 is 4.90 Å². The summed E-state index contributed by atoms with van der Waals surface area (Å²) < 4.78 is 6.27. The maximum Gasteiger partial charge on any atom is 0.153 e. The van der Waals surface area contributed by atoms with E-state index in [2.05, 4.69) is 137 Å². The number of nitrogens with zero attached hydrogens (tertiary/aromatic N) is 2. The minimum Gasteiger partial charge on any atom is -0.454 e. The predicted molar refractivity (Wildman–Crippen MR) is 175 cm³/mol. The van der Waals surface area contributed by atoms with Crippen molar-refractivity contribution in [1.29, 1.82) is 0 Å². The summed E-state index contributed by atoms with van der Waals surface area (Å²) in [6, 6.07) is 53.3. The van der Waals surface area contributed by atoms with Crippen LogP contribution >= 0.6 is 0 Å². The molecule has 6 aromatic carbocycles. The smallest absolute Gasteiger partial charge is 0.153 e. The van der Waals surface area contributed by atoms with Crippen LogP contribution in [0.15, 0.2) is 162 Å². The zero-order chi connectivity index (χ0) is 27.9. The molecule has 3 nitrogen and oxygen atoms in total. The molecule has 0 fully saturated rings. The highest BCUT2D eigenvalue weighted by molar-refractivity contribution is 6.14. The summed E-state index contributed by atoms with van der Waals surface area (Å²) in [5.41, 5.74) is 10.6.